The fraction of sp³-hybridized carbons (Fsp3) is 0.516. The number of hydrogen-bond acceptors (Lipinski definition) is 6. The normalized spacial score (nSPS) is 33.4. The van der Waals surface area contributed by atoms with E-state index >= 15 is 0 Å². The van der Waals surface area contributed by atoms with Gasteiger partial charge in [0, 0.05) is 52.5 Å². The molecular formula is C31H37ClN2O5S. The summed E-state index contributed by atoms with van der Waals surface area (Å²) in [5, 5.41) is 11.2. The van der Waals surface area contributed by atoms with Gasteiger partial charge >= 0.3 is 0 Å². The van der Waals surface area contributed by atoms with Crippen molar-refractivity contribution in [2.45, 2.75) is 56.1 Å². The minimum Gasteiger partial charge on any atom is -0.490 e. The Balaban J connectivity index is 1.43. The van der Waals surface area contributed by atoms with E-state index in [2.05, 4.69) is 21.4 Å². The van der Waals surface area contributed by atoms with E-state index in [9.17, 15) is 14.1 Å². The predicted octanol–water partition coefficient (Wildman–Crippen LogP) is 4.98. The molecule has 2 aromatic rings. The van der Waals surface area contributed by atoms with Crippen molar-refractivity contribution in [2.75, 3.05) is 37.5 Å². The van der Waals surface area contributed by atoms with Crippen LogP contribution in [0.25, 0.3) is 0 Å². The highest BCUT2D eigenvalue weighted by Crippen LogP contribution is 2.47. The molecule has 6 rings (SSSR count). The molecule has 1 saturated carbocycles. The second-order valence-electron chi connectivity index (χ2n) is 11.7. The van der Waals surface area contributed by atoms with Crippen LogP contribution >= 0.6 is 11.6 Å². The zero-order chi connectivity index (χ0) is 27.9. The van der Waals surface area contributed by atoms with Gasteiger partial charge < -0.3 is 19.5 Å². The fourth-order valence-corrected chi connectivity index (χ4v) is 8.06. The van der Waals surface area contributed by atoms with E-state index in [1.54, 1.807) is 19.3 Å². The van der Waals surface area contributed by atoms with Gasteiger partial charge in [-0.2, -0.15) is 4.36 Å². The summed E-state index contributed by atoms with van der Waals surface area (Å²) in [6, 6.07) is 11.7. The average molecular weight is 585 g/mol. The smallest absolute Gasteiger partial charge is 0.284 e. The van der Waals surface area contributed by atoms with Crippen LogP contribution in [0.15, 0.2) is 52.9 Å². The van der Waals surface area contributed by atoms with Gasteiger partial charge in [-0.15, -0.1) is 0 Å². The van der Waals surface area contributed by atoms with Crippen molar-refractivity contribution in [3.8, 4) is 5.75 Å². The molecule has 2 bridgehead atoms. The number of aliphatic hydroxyl groups is 1. The lowest BCUT2D eigenvalue weighted by Gasteiger charge is -2.46. The molecule has 0 aromatic heterocycles. The number of methoxy groups -OCH3 is 1. The zero-order valence-corrected chi connectivity index (χ0v) is 24.4. The lowest BCUT2D eigenvalue weighted by molar-refractivity contribution is 0.0126. The first-order valence-electron chi connectivity index (χ1n) is 14.3. The van der Waals surface area contributed by atoms with E-state index in [1.807, 2.05) is 24.3 Å². The Bertz CT molecular complexity index is 1410. The van der Waals surface area contributed by atoms with Gasteiger partial charge in [0.15, 0.2) is 0 Å². The van der Waals surface area contributed by atoms with Gasteiger partial charge in [0.05, 0.1) is 24.5 Å². The molecule has 9 heteroatoms. The molecule has 214 valence electrons. The van der Waals surface area contributed by atoms with Crippen LogP contribution in [0.1, 0.15) is 53.6 Å². The molecule has 2 aliphatic heterocycles. The third kappa shape index (κ3) is 5.43. The van der Waals surface area contributed by atoms with E-state index in [4.69, 9.17) is 21.1 Å². The topological polar surface area (TPSA) is 88.4 Å². The molecular weight excluding hydrogens is 548 g/mol. The molecule has 0 saturated heterocycles. The molecule has 2 aliphatic carbocycles. The number of ether oxygens (including phenoxy) is 2. The quantitative estimate of drug-likeness (QED) is 0.363. The number of halogens is 1. The summed E-state index contributed by atoms with van der Waals surface area (Å²) in [5.74, 6) is 1.09. The predicted molar refractivity (Wildman–Crippen MR) is 158 cm³/mol. The van der Waals surface area contributed by atoms with Crippen molar-refractivity contribution in [1.82, 2.24) is 0 Å². The largest absolute Gasteiger partial charge is 0.490 e. The fourth-order valence-electron chi connectivity index (χ4n) is 6.97. The Morgan fingerprint density at radius 3 is 2.85 bits per heavy atom. The van der Waals surface area contributed by atoms with Crippen molar-refractivity contribution in [1.29, 1.82) is 0 Å². The number of carbonyl (C=O) groups is 1. The SMILES string of the molecule is CO[C@H]1/C=C/[C@H](O)CC/[SH](=O)=N\C(=O)c2ccc3c(c2)N(C[C@@H]2CC[C@H]21)C[C@@]1(CCCc2cc(Cl)ccc21)CO3. The maximum atomic E-state index is 13.1. The van der Waals surface area contributed by atoms with Crippen LogP contribution < -0.4 is 9.64 Å². The number of aryl methyl sites for hydroxylation is 1. The van der Waals surface area contributed by atoms with Crippen molar-refractivity contribution >= 4 is 33.8 Å². The number of aliphatic hydroxyl groups excluding tert-OH is 1. The molecule has 7 nitrogen and oxygen atoms in total. The Morgan fingerprint density at radius 1 is 1.18 bits per heavy atom. The van der Waals surface area contributed by atoms with Gasteiger partial charge in [0.2, 0.25) is 0 Å². The molecule has 1 spiro atoms. The van der Waals surface area contributed by atoms with Crippen LogP contribution in [0.2, 0.25) is 5.02 Å². The number of anilines is 1. The Kier molecular flexibility index (Phi) is 7.96. The average Bonchev–Trinajstić information content (AvgIpc) is 3.08. The number of fused-ring (bicyclic) bond motifs is 4. The van der Waals surface area contributed by atoms with Gasteiger partial charge in [-0.25, -0.2) is 0 Å². The van der Waals surface area contributed by atoms with Crippen LogP contribution in [0.3, 0.4) is 0 Å². The van der Waals surface area contributed by atoms with Crippen molar-refractivity contribution < 1.29 is 23.6 Å². The summed E-state index contributed by atoms with van der Waals surface area (Å²) in [6.45, 7) is 2.10. The van der Waals surface area contributed by atoms with E-state index in [0.29, 0.717) is 24.0 Å². The second-order valence-corrected chi connectivity index (χ2v) is 13.5. The van der Waals surface area contributed by atoms with E-state index in [0.717, 1.165) is 61.7 Å². The first-order chi connectivity index (χ1) is 19.3. The molecule has 0 radical (unpaired) electrons. The van der Waals surface area contributed by atoms with Crippen molar-refractivity contribution in [3.63, 3.8) is 0 Å². The number of nitrogens with zero attached hydrogens (tertiary/aromatic N) is 2. The Labute approximate surface area is 242 Å². The highest BCUT2D eigenvalue weighted by molar-refractivity contribution is 7.75. The molecule has 40 heavy (non-hydrogen) atoms. The highest BCUT2D eigenvalue weighted by atomic mass is 35.5. The monoisotopic (exact) mass is 584 g/mol. The Morgan fingerprint density at radius 2 is 2.05 bits per heavy atom. The highest BCUT2D eigenvalue weighted by Gasteiger charge is 2.44. The summed E-state index contributed by atoms with van der Waals surface area (Å²) in [5.41, 5.74) is 3.65. The number of carbonyl (C=O) groups excluding carboxylic acids is 1. The molecule has 1 unspecified atom stereocenters. The molecule has 1 amide bonds. The van der Waals surface area contributed by atoms with Gasteiger partial charge in [0.25, 0.3) is 5.91 Å². The zero-order valence-electron chi connectivity index (χ0n) is 22.8. The van der Waals surface area contributed by atoms with Crippen LogP contribution in [0.5, 0.6) is 5.75 Å². The van der Waals surface area contributed by atoms with Crippen LogP contribution in [-0.2, 0) is 27.2 Å². The second kappa shape index (κ2) is 11.5. The molecule has 2 aromatic carbocycles. The lowest BCUT2D eigenvalue weighted by Crippen LogP contribution is -2.49. The minimum atomic E-state index is -2.13. The van der Waals surface area contributed by atoms with Crippen molar-refractivity contribution in [2.24, 2.45) is 16.2 Å². The number of hydrogen-bond donors (Lipinski definition) is 2. The first-order valence-corrected chi connectivity index (χ1v) is 16.0. The number of amides is 1. The van der Waals surface area contributed by atoms with Crippen LogP contribution in [-0.4, -0.2) is 60.0 Å². The minimum absolute atomic E-state index is 0.109. The van der Waals surface area contributed by atoms with Gasteiger partial charge in [-0.3, -0.25) is 9.00 Å². The first kappa shape index (κ1) is 27.8. The molecule has 6 atom stereocenters. The molecule has 1 fully saturated rings. The maximum absolute atomic E-state index is 13.1. The Hall–Kier alpha value is -2.39. The third-order valence-corrected chi connectivity index (χ3v) is 10.5. The molecule has 2 heterocycles. The number of thiol groups is 1. The van der Waals surface area contributed by atoms with E-state index in [1.165, 1.54) is 11.1 Å². The van der Waals surface area contributed by atoms with Crippen molar-refractivity contribution in [3.05, 3.63) is 70.3 Å². The maximum Gasteiger partial charge on any atom is 0.284 e. The van der Waals surface area contributed by atoms with Gasteiger partial charge in [-0.05, 0) is 91.8 Å². The van der Waals surface area contributed by atoms with E-state index in [-0.39, 0.29) is 23.7 Å². The van der Waals surface area contributed by atoms with Crippen LogP contribution in [0.4, 0.5) is 5.69 Å². The van der Waals surface area contributed by atoms with Gasteiger partial charge in [0.1, 0.15) is 5.75 Å². The summed E-state index contributed by atoms with van der Waals surface area (Å²) in [6.07, 6.45) is 8.28. The van der Waals surface area contributed by atoms with Crippen LogP contribution in [0, 0.1) is 11.8 Å². The standard InChI is InChI=1S/C31H37ClN2O5S/c1-38-28-11-7-24(35)12-14-40(37)33-30(36)21-5-10-29-27(16-21)34(17-22-4-8-25(22)28)18-31(19-39-29)13-2-3-20-15-23(32)6-9-26(20)31/h5-7,9-11,15-16,22,24-25,28,35,40H,2-4,8,12-14,17-19H2,1H3/b11-7+/t22-,24-,25+,28-,31-/m0/s1. The summed E-state index contributed by atoms with van der Waals surface area (Å²) >= 11 is 6.39. The molecule has 1 N–H and O–H groups in total. The molecule has 4 aliphatic rings. The third-order valence-electron chi connectivity index (χ3n) is 9.25. The lowest BCUT2D eigenvalue weighted by atomic mass is 9.68. The van der Waals surface area contributed by atoms with Gasteiger partial charge in [-0.1, -0.05) is 29.8 Å². The summed E-state index contributed by atoms with van der Waals surface area (Å²) < 4.78 is 29.0. The number of rotatable bonds is 1. The summed E-state index contributed by atoms with van der Waals surface area (Å²) in [7, 11) is -0.411. The van der Waals surface area contributed by atoms with E-state index < -0.39 is 22.6 Å². The summed E-state index contributed by atoms with van der Waals surface area (Å²) in [4.78, 5) is 15.5. The number of benzene rings is 2.